The predicted octanol–water partition coefficient (Wildman–Crippen LogP) is 1.17. The Kier molecular flexibility index (Phi) is 4.76. The molecule has 3 atom stereocenters. The molecule has 0 aromatic heterocycles. The van der Waals surface area contributed by atoms with Crippen molar-refractivity contribution in [3.05, 3.63) is 0 Å². The van der Waals surface area contributed by atoms with Crippen LogP contribution in [0.1, 0.15) is 38.5 Å². The summed E-state index contributed by atoms with van der Waals surface area (Å²) < 4.78 is 0. The van der Waals surface area contributed by atoms with Crippen LogP contribution < -0.4 is 5.32 Å². The van der Waals surface area contributed by atoms with Gasteiger partial charge in [0.2, 0.25) is 5.91 Å². The van der Waals surface area contributed by atoms with Crippen LogP contribution in [-0.2, 0) is 4.79 Å². The maximum absolute atomic E-state index is 12.0. The van der Waals surface area contributed by atoms with Crippen LogP contribution in [0.15, 0.2) is 0 Å². The van der Waals surface area contributed by atoms with Gasteiger partial charge in [-0.05, 0) is 38.0 Å². The van der Waals surface area contributed by atoms with Crippen molar-refractivity contribution in [1.82, 2.24) is 10.2 Å². The Balaban J connectivity index is 1.73. The third-order valence-electron chi connectivity index (χ3n) is 4.19. The molecular formula is C14H20N4O. The van der Waals surface area contributed by atoms with Crippen LogP contribution in [0.25, 0.3) is 0 Å². The van der Waals surface area contributed by atoms with E-state index in [1.54, 1.807) is 4.90 Å². The van der Waals surface area contributed by atoms with E-state index < -0.39 is 0 Å². The van der Waals surface area contributed by atoms with E-state index in [4.69, 9.17) is 10.5 Å². The van der Waals surface area contributed by atoms with Gasteiger partial charge in [-0.15, -0.1) is 0 Å². The second kappa shape index (κ2) is 6.54. The second-order valence-electron chi connectivity index (χ2n) is 5.49. The molecule has 1 aliphatic carbocycles. The van der Waals surface area contributed by atoms with E-state index in [1.165, 1.54) is 0 Å². The highest BCUT2D eigenvalue weighted by Gasteiger charge is 2.29. The number of rotatable bonds is 4. The Labute approximate surface area is 114 Å². The van der Waals surface area contributed by atoms with Gasteiger partial charge in [-0.2, -0.15) is 10.5 Å². The SMILES string of the molecule is N#CCC1CCC(NCC(=O)N2CCC[C@H]2C#N)C1. The largest absolute Gasteiger partial charge is 0.326 e. The van der Waals surface area contributed by atoms with Crippen LogP contribution in [0.5, 0.6) is 0 Å². The first-order chi connectivity index (χ1) is 9.24. The summed E-state index contributed by atoms with van der Waals surface area (Å²) in [6.07, 6.45) is 5.45. The number of carbonyl (C=O) groups is 1. The molecule has 1 N–H and O–H groups in total. The van der Waals surface area contributed by atoms with Crippen molar-refractivity contribution in [3.63, 3.8) is 0 Å². The molecule has 0 radical (unpaired) electrons. The van der Waals surface area contributed by atoms with E-state index in [0.717, 1.165) is 32.1 Å². The highest BCUT2D eigenvalue weighted by Crippen LogP contribution is 2.27. The van der Waals surface area contributed by atoms with Crippen molar-refractivity contribution in [2.45, 2.75) is 50.6 Å². The van der Waals surface area contributed by atoms with Gasteiger partial charge in [0.25, 0.3) is 0 Å². The summed E-state index contributed by atoms with van der Waals surface area (Å²) >= 11 is 0. The molecule has 1 heterocycles. The topological polar surface area (TPSA) is 79.9 Å². The summed E-state index contributed by atoms with van der Waals surface area (Å²) in [6, 6.07) is 4.52. The molecule has 2 aliphatic rings. The maximum atomic E-state index is 12.0. The third kappa shape index (κ3) is 3.45. The van der Waals surface area contributed by atoms with Gasteiger partial charge < -0.3 is 10.2 Å². The van der Waals surface area contributed by atoms with Crippen LogP contribution in [0.3, 0.4) is 0 Å². The molecule has 5 heteroatoms. The predicted molar refractivity (Wildman–Crippen MR) is 69.7 cm³/mol. The Morgan fingerprint density at radius 3 is 2.89 bits per heavy atom. The fourth-order valence-corrected chi connectivity index (χ4v) is 3.11. The molecular weight excluding hydrogens is 240 g/mol. The lowest BCUT2D eigenvalue weighted by atomic mass is 10.1. The Hall–Kier alpha value is -1.59. The van der Waals surface area contributed by atoms with Gasteiger partial charge in [0, 0.05) is 19.0 Å². The minimum atomic E-state index is -0.232. The lowest BCUT2D eigenvalue weighted by molar-refractivity contribution is -0.130. The fourth-order valence-electron chi connectivity index (χ4n) is 3.11. The molecule has 2 rings (SSSR count). The highest BCUT2D eigenvalue weighted by molar-refractivity contribution is 5.79. The van der Waals surface area contributed by atoms with Crippen LogP contribution in [0, 0.1) is 28.6 Å². The van der Waals surface area contributed by atoms with Crippen LogP contribution in [0.2, 0.25) is 0 Å². The average molecular weight is 260 g/mol. The number of amides is 1. The van der Waals surface area contributed by atoms with E-state index in [9.17, 15) is 4.79 Å². The summed E-state index contributed by atoms with van der Waals surface area (Å²) in [5.74, 6) is 0.518. The molecule has 0 bridgehead atoms. The van der Waals surface area contributed by atoms with E-state index >= 15 is 0 Å². The minimum absolute atomic E-state index is 0.0350. The zero-order valence-electron chi connectivity index (χ0n) is 11.1. The first-order valence-corrected chi connectivity index (χ1v) is 7.04. The zero-order chi connectivity index (χ0) is 13.7. The van der Waals surface area contributed by atoms with Crippen LogP contribution in [0.4, 0.5) is 0 Å². The van der Waals surface area contributed by atoms with Crippen molar-refractivity contribution in [3.8, 4) is 12.1 Å². The number of hydrogen-bond donors (Lipinski definition) is 1. The molecule has 2 fully saturated rings. The molecule has 2 unspecified atom stereocenters. The molecule has 5 nitrogen and oxygen atoms in total. The number of carbonyl (C=O) groups excluding carboxylic acids is 1. The normalized spacial score (nSPS) is 30.0. The lowest BCUT2D eigenvalue weighted by Gasteiger charge is -2.21. The Morgan fingerprint density at radius 2 is 2.16 bits per heavy atom. The van der Waals surface area contributed by atoms with E-state index in [-0.39, 0.29) is 11.9 Å². The smallest absolute Gasteiger partial charge is 0.237 e. The highest BCUT2D eigenvalue weighted by atomic mass is 16.2. The molecule has 1 aliphatic heterocycles. The van der Waals surface area contributed by atoms with Gasteiger partial charge in [0.1, 0.15) is 6.04 Å². The zero-order valence-corrected chi connectivity index (χ0v) is 11.1. The van der Waals surface area contributed by atoms with E-state index in [2.05, 4.69) is 17.5 Å². The number of nitrogens with zero attached hydrogens (tertiary/aromatic N) is 3. The lowest BCUT2D eigenvalue weighted by Crippen LogP contribution is -2.42. The third-order valence-corrected chi connectivity index (χ3v) is 4.19. The molecule has 1 saturated carbocycles. The van der Waals surface area contributed by atoms with E-state index in [1.807, 2.05) is 0 Å². The summed E-state index contributed by atoms with van der Waals surface area (Å²) in [4.78, 5) is 13.7. The molecule has 1 saturated heterocycles. The van der Waals surface area contributed by atoms with Gasteiger partial charge in [-0.3, -0.25) is 4.79 Å². The van der Waals surface area contributed by atoms with Gasteiger partial charge in [-0.25, -0.2) is 0 Å². The van der Waals surface area contributed by atoms with Gasteiger partial charge in [0.05, 0.1) is 18.7 Å². The average Bonchev–Trinajstić information content (AvgIpc) is 3.05. The Bertz CT molecular complexity index is 409. The molecule has 0 aromatic carbocycles. The first-order valence-electron chi connectivity index (χ1n) is 7.04. The Morgan fingerprint density at radius 1 is 1.32 bits per heavy atom. The van der Waals surface area contributed by atoms with Gasteiger partial charge in [-0.1, -0.05) is 0 Å². The number of nitriles is 2. The van der Waals surface area contributed by atoms with Crippen molar-refractivity contribution in [2.24, 2.45) is 5.92 Å². The number of nitrogens with one attached hydrogen (secondary N) is 1. The van der Waals surface area contributed by atoms with E-state index in [0.29, 0.717) is 31.5 Å². The van der Waals surface area contributed by atoms with Crippen LogP contribution >= 0.6 is 0 Å². The fraction of sp³-hybridized carbons (Fsp3) is 0.786. The summed E-state index contributed by atoms with van der Waals surface area (Å²) in [7, 11) is 0. The van der Waals surface area contributed by atoms with Gasteiger partial charge >= 0.3 is 0 Å². The van der Waals surface area contributed by atoms with Crippen molar-refractivity contribution >= 4 is 5.91 Å². The maximum Gasteiger partial charge on any atom is 0.237 e. The first kappa shape index (κ1) is 13.8. The van der Waals surface area contributed by atoms with Crippen LogP contribution in [-0.4, -0.2) is 36.0 Å². The minimum Gasteiger partial charge on any atom is -0.326 e. The van der Waals surface area contributed by atoms with Gasteiger partial charge in [0.15, 0.2) is 0 Å². The summed E-state index contributed by atoms with van der Waals surface area (Å²) in [6.45, 7) is 1.03. The standard InChI is InChI=1S/C14H20N4O/c15-6-5-11-3-4-12(8-11)17-10-14(19)18-7-1-2-13(18)9-16/h11-13,17H,1-5,7-8,10H2/t11?,12?,13-/m0/s1. The molecule has 0 spiro atoms. The summed E-state index contributed by atoms with van der Waals surface area (Å²) in [5, 5.41) is 20.9. The molecule has 19 heavy (non-hydrogen) atoms. The molecule has 102 valence electrons. The quantitative estimate of drug-likeness (QED) is 0.823. The summed E-state index contributed by atoms with van der Waals surface area (Å²) in [5.41, 5.74) is 0. The molecule has 0 aromatic rings. The number of hydrogen-bond acceptors (Lipinski definition) is 4. The van der Waals surface area contributed by atoms with Crippen molar-refractivity contribution in [1.29, 1.82) is 10.5 Å². The monoisotopic (exact) mass is 260 g/mol. The number of likely N-dealkylation sites (tertiary alicyclic amines) is 1. The van der Waals surface area contributed by atoms with Crippen molar-refractivity contribution < 1.29 is 4.79 Å². The van der Waals surface area contributed by atoms with Crippen molar-refractivity contribution in [2.75, 3.05) is 13.1 Å². The molecule has 1 amide bonds. The second-order valence-corrected chi connectivity index (χ2v) is 5.49.